The first-order chi connectivity index (χ1) is 12.2. The summed E-state index contributed by atoms with van der Waals surface area (Å²) in [6.45, 7) is 0.111. The second kappa shape index (κ2) is 6.20. The fraction of sp³-hybridized carbons (Fsp3) is 0.0556. The molecular formula is C18H12FN3O3. The van der Waals surface area contributed by atoms with E-state index in [1.54, 1.807) is 6.07 Å². The third-order valence-electron chi connectivity index (χ3n) is 3.63. The van der Waals surface area contributed by atoms with Gasteiger partial charge in [-0.15, -0.1) is 5.10 Å². The van der Waals surface area contributed by atoms with Crippen LogP contribution in [0.1, 0.15) is 5.69 Å². The summed E-state index contributed by atoms with van der Waals surface area (Å²) in [5, 5.41) is 8.08. The summed E-state index contributed by atoms with van der Waals surface area (Å²) < 4.78 is 24.5. The second-order valence-electron chi connectivity index (χ2n) is 5.39. The summed E-state index contributed by atoms with van der Waals surface area (Å²) in [4.78, 5) is 12.0. The van der Waals surface area contributed by atoms with Gasteiger partial charge in [-0.3, -0.25) is 0 Å². The van der Waals surface area contributed by atoms with E-state index in [2.05, 4.69) is 10.3 Å². The molecule has 0 aliphatic heterocycles. The molecule has 7 heteroatoms. The van der Waals surface area contributed by atoms with Crippen LogP contribution in [0.25, 0.3) is 22.8 Å². The Balaban J connectivity index is 1.59. The largest absolute Gasteiger partial charge is 0.437 e. The summed E-state index contributed by atoms with van der Waals surface area (Å²) in [5.41, 5.74) is 1.95. The Bertz CT molecular complexity index is 1050. The average molecular weight is 337 g/mol. The van der Waals surface area contributed by atoms with Crippen molar-refractivity contribution in [1.82, 2.24) is 14.9 Å². The lowest BCUT2D eigenvalue weighted by Gasteiger charge is -1.94. The standard InChI is InChI=1S/C18H12FN3O3/c19-14-8-6-13(7-9-14)17-20-22(18(23)24-17)11-15-10-16(25-21-15)12-4-2-1-3-5-12/h1-10H,11H2. The Morgan fingerprint density at radius 1 is 1.00 bits per heavy atom. The van der Waals surface area contributed by atoms with E-state index in [0.717, 1.165) is 10.2 Å². The van der Waals surface area contributed by atoms with Gasteiger partial charge in [0.2, 0.25) is 5.89 Å². The number of nitrogens with zero attached hydrogens (tertiary/aromatic N) is 3. The smallest absolute Gasteiger partial charge is 0.388 e. The molecule has 0 N–H and O–H groups in total. The van der Waals surface area contributed by atoms with Crippen LogP contribution in [0.15, 0.2) is 74.4 Å². The normalized spacial score (nSPS) is 10.9. The lowest BCUT2D eigenvalue weighted by molar-refractivity contribution is 0.416. The second-order valence-corrected chi connectivity index (χ2v) is 5.39. The molecule has 2 aromatic carbocycles. The van der Waals surface area contributed by atoms with Crippen molar-refractivity contribution < 1.29 is 13.3 Å². The van der Waals surface area contributed by atoms with Gasteiger partial charge in [0.05, 0.1) is 6.54 Å². The molecule has 4 aromatic rings. The molecule has 0 saturated carbocycles. The molecule has 0 aliphatic carbocycles. The first-order valence-electron chi connectivity index (χ1n) is 7.54. The predicted molar refractivity (Wildman–Crippen MR) is 87.2 cm³/mol. The summed E-state index contributed by atoms with van der Waals surface area (Å²) in [6.07, 6.45) is 0. The molecule has 0 radical (unpaired) electrons. The van der Waals surface area contributed by atoms with Crippen molar-refractivity contribution in [3.8, 4) is 22.8 Å². The van der Waals surface area contributed by atoms with Crippen LogP contribution in [0.2, 0.25) is 0 Å². The van der Waals surface area contributed by atoms with E-state index in [1.807, 2.05) is 30.3 Å². The fourth-order valence-electron chi connectivity index (χ4n) is 2.39. The number of rotatable bonds is 4. The molecule has 0 spiro atoms. The fourth-order valence-corrected chi connectivity index (χ4v) is 2.39. The van der Waals surface area contributed by atoms with Crippen molar-refractivity contribution in [2.45, 2.75) is 6.54 Å². The monoisotopic (exact) mass is 337 g/mol. The predicted octanol–water partition coefficient (Wildman–Crippen LogP) is 3.35. The molecule has 25 heavy (non-hydrogen) atoms. The lowest BCUT2D eigenvalue weighted by atomic mass is 10.2. The van der Waals surface area contributed by atoms with Crippen LogP contribution in [0, 0.1) is 5.82 Å². The van der Waals surface area contributed by atoms with Crippen molar-refractivity contribution >= 4 is 0 Å². The van der Waals surface area contributed by atoms with E-state index in [1.165, 1.54) is 24.3 Å². The summed E-state index contributed by atoms with van der Waals surface area (Å²) in [6, 6.07) is 16.8. The van der Waals surface area contributed by atoms with Crippen molar-refractivity contribution in [3.63, 3.8) is 0 Å². The quantitative estimate of drug-likeness (QED) is 0.571. The van der Waals surface area contributed by atoms with Gasteiger partial charge in [0, 0.05) is 17.2 Å². The number of aromatic nitrogens is 3. The summed E-state index contributed by atoms with van der Waals surface area (Å²) in [7, 11) is 0. The Morgan fingerprint density at radius 2 is 1.76 bits per heavy atom. The minimum Gasteiger partial charge on any atom is -0.388 e. The minimum atomic E-state index is -0.622. The van der Waals surface area contributed by atoms with E-state index in [0.29, 0.717) is 17.0 Å². The molecule has 0 aliphatic rings. The Hall–Kier alpha value is -3.48. The van der Waals surface area contributed by atoms with Gasteiger partial charge in [-0.25, -0.2) is 9.18 Å². The molecule has 0 atom stereocenters. The third-order valence-corrected chi connectivity index (χ3v) is 3.63. The highest BCUT2D eigenvalue weighted by Gasteiger charge is 2.13. The maximum absolute atomic E-state index is 13.0. The Morgan fingerprint density at radius 3 is 2.52 bits per heavy atom. The number of benzene rings is 2. The first kappa shape index (κ1) is 15.1. The Kier molecular flexibility index (Phi) is 3.74. The molecule has 6 nitrogen and oxygen atoms in total. The van der Waals surface area contributed by atoms with Crippen molar-refractivity contribution in [3.05, 3.63) is 82.7 Å². The third kappa shape index (κ3) is 3.12. The summed E-state index contributed by atoms with van der Waals surface area (Å²) >= 11 is 0. The molecule has 0 saturated heterocycles. The lowest BCUT2D eigenvalue weighted by Crippen LogP contribution is -2.16. The van der Waals surface area contributed by atoms with Crippen LogP contribution in [-0.2, 0) is 6.54 Å². The molecule has 0 unspecified atom stereocenters. The summed E-state index contributed by atoms with van der Waals surface area (Å²) in [5.74, 6) is -0.271. The van der Waals surface area contributed by atoms with Crippen LogP contribution < -0.4 is 5.76 Å². The zero-order chi connectivity index (χ0) is 17.2. The van der Waals surface area contributed by atoms with Crippen LogP contribution in [0.5, 0.6) is 0 Å². The van der Waals surface area contributed by atoms with Crippen molar-refractivity contribution in [1.29, 1.82) is 0 Å². The first-order valence-corrected chi connectivity index (χ1v) is 7.54. The molecule has 0 fully saturated rings. The van der Waals surface area contributed by atoms with Gasteiger partial charge in [-0.2, -0.15) is 4.68 Å². The zero-order valence-electron chi connectivity index (χ0n) is 12.9. The SMILES string of the molecule is O=c1oc(-c2ccc(F)cc2)nn1Cc1cc(-c2ccccc2)on1. The topological polar surface area (TPSA) is 74.1 Å². The maximum Gasteiger partial charge on any atom is 0.437 e. The minimum absolute atomic E-state index is 0.111. The maximum atomic E-state index is 13.0. The van der Waals surface area contributed by atoms with Crippen LogP contribution in [0.3, 0.4) is 0 Å². The van der Waals surface area contributed by atoms with Gasteiger partial charge in [0.15, 0.2) is 5.76 Å². The van der Waals surface area contributed by atoms with Gasteiger partial charge in [-0.1, -0.05) is 35.5 Å². The highest BCUT2D eigenvalue weighted by molar-refractivity contribution is 5.57. The van der Waals surface area contributed by atoms with Gasteiger partial charge >= 0.3 is 5.76 Å². The van der Waals surface area contributed by atoms with Gasteiger partial charge in [0.25, 0.3) is 0 Å². The molecule has 2 heterocycles. The van der Waals surface area contributed by atoms with Gasteiger partial charge in [0.1, 0.15) is 11.5 Å². The van der Waals surface area contributed by atoms with E-state index in [9.17, 15) is 9.18 Å². The molecule has 124 valence electrons. The average Bonchev–Trinajstić information content (AvgIpc) is 3.24. The van der Waals surface area contributed by atoms with Crippen molar-refractivity contribution in [2.75, 3.05) is 0 Å². The molecule has 0 bridgehead atoms. The number of hydrogen-bond donors (Lipinski definition) is 0. The van der Waals surface area contributed by atoms with E-state index in [4.69, 9.17) is 8.94 Å². The van der Waals surface area contributed by atoms with Crippen molar-refractivity contribution in [2.24, 2.45) is 0 Å². The van der Waals surface area contributed by atoms with E-state index in [-0.39, 0.29) is 18.3 Å². The number of halogens is 1. The highest BCUT2D eigenvalue weighted by atomic mass is 19.1. The molecular weight excluding hydrogens is 325 g/mol. The Labute approximate surface area is 141 Å². The zero-order valence-corrected chi connectivity index (χ0v) is 12.9. The van der Waals surface area contributed by atoms with Crippen LogP contribution in [0.4, 0.5) is 4.39 Å². The highest BCUT2D eigenvalue weighted by Crippen LogP contribution is 2.20. The van der Waals surface area contributed by atoms with E-state index < -0.39 is 5.76 Å². The van der Waals surface area contributed by atoms with Crippen LogP contribution >= 0.6 is 0 Å². The van der Waals surface area contributed by atoms with Gasteiger partial charge < -0.3 is 8.94 Å². The van der Waals surface area contributed by atoms with Crippen LogP contribution in [-0.4, -0.2) is 14.9 Å². The number of hydrogen-bond acceptors (Lipinski definition) is 5. The molecule has 0 amide bonds. The molecule has 4 rings (SSSR count). The molecule has 2 aromatic heterocycles. The van der Waals surface area contributed by atoms with Gasteiger partial charge in [-0.05, 0) is 24.3 Å². The van der Waals surface area contributed by atoms with E-state index >= 15 is 0 Å².